The van der Waals surface area contributed by atoms with Crippen LogP contribution >= 0.6 is 34.8 Å². The van der Waals surface area contributed by atoms with Crippen molar-refractivity contribution >= 4 is 62.3 Å². The number of halogens is 3. The minimum Gasteiger partial charge on any atom is -0.352 e. The van der Waals surface area contributed by atoms with Crippen molar-refractivity contribution in [1.29, 1.82) is 0 Å². The van der Waals surface area contributed by atoms with E-state index in [4.69, 9.17) is 34.8 Å². The van der Waals surface area contributed by atoms with Crippen LogP contribution < -0.4 is 9.62 Å². The molecule has 0 aliphatic heterocycles. The molecule has 0 heterocycles. The smallest absolute Gasteiger partial charge is 0.244 e. The fourth-order valence-electron chi connectivity index (χ4n) is 4.35. The third-order valence-electron chi connectivity index (χ3n) is 6.23. The normalized spacial score (nSPS) is 14.9. The van der Waals surface area contributed by atoms with Crippen LogP contribution in [0.3, 0.4) is 0 Å². The number of sulfonamides is 1. The number of carbonyl (C=O) groups excluding carboxylic acids is 2. The maximum atomic E-state index is 13.7. The van der Waals surface area contributed by atoms with Crippen LogP contribution in [0.25, 0.3) is 0 Å². The van der Waals surface area contributed by atoms with Gasteiger partial charge >= 0.3 is 0 Å². The fourth-order valence-corrected chi connectivity index (χ4v) is 5.78. The lowest BCUT2D eigenvalue weighted by Gasteiger charge is -2.33. The van der Waals surface area contributed by atoms with Gasteiger partial charge in [-0.3, -0.25) is 13.9 Å². The zero-order valence-corrected chi connectivity index (χ0v) is 23.3. The summed E-state index contributed by atoms with van der Waals surface area (Å²) in [6.45, 7) is 1.39. The van der Waals surface area contributed by atoms with Gasteiger partial charge in [0.1, 0.15) is 12.6 Å². The Morgan fingerprint density at radius 1 is 1.06 bits per heavy atom. The molecule has 7 nitrogen and oxygen atoms in total. The summed E-state index contributed by atoms with van der Waals surface area (Å²) in [7, 11) is -3.91. The van der Waals surface area contributed by atoms with Crippen molar-refractivity contribution in [2.75, 3.05) is 17.1 Å². The molecule has 1 N–H and O–H groups in total. The van der Waals surface area contributed by atoms with Crippen molar-refractivity contribution in [3.63, 3.8) is 0 Å². The number of nitrogens with one attached hydrogen (secondary N) is 1. The van der Waals surface area contributed by atoms with E-state index in [1.807, 2.05) is 6.92 Å². The van der Waals surface area contributed by atoms with Gasteiger partial charge in [-0.05, 0) is 49.1 Å². The highest BCUT2D eigenvalue weighted by molar-refractivity contribution is 7.92. The van der Waals surface area contributed by atoms with Crippen LogP contribution in [0.2, 0.25) is 15.1 Å². The van der Waals surface area contributed by atoms with Crippen molar-refractivity contribution in [3.05, 3.63) is 63.1 Å². The van der Waals surface area contributed by atoms with E-state index in [1.54, 1.807) is 30.3 Å². The molecule has 1 aliphatic carbocycles. The number of rotatable bonds is 10. The molecule has 0 saturated heterocycles. The molecule has 0 spiro atoms. The Bertz CT molecular complexity index is 1190. The van der Waals surface area contributed by atoms with Crippen molar-refractivity contribution in [2.45, 2.75) is 57.7 Å². The van der Waals surface area contributed by atoms with E-state index in [0.717, 1.165) is 41.8 Å². The molecular formula is C25H30Cl3N3O4S. The van der Waals surface area contributed by atoms with E-state index in [-0.39, 0.29) is 34.2 Å². The van der Waals surface area contributed by atoms with Gasteiger partial charge in [-0.15, -0.1) is 0 Å². The van der Waals surface area contributed by atoms with Gasteiger partial charge in [0, 0.05) is 17.6 Å². The zero-order chi connectivity index (χ0) is 26.5. The minimum absolute atomic E-state index is 0.0210. The molecule has 1 aliphatic rings. The zero-order valence-electron chi connectivity index (χ0n) is 20.2. The average Bonchev–Trinajstić information content (AvgIpc) is 3.33. The van der Waals surface area contributed by atoms with Gasteiger partial charge < -0.3 is 10.2 Å². The summed E-state index contributed by atoms with van der Waals surface area (Å²) in [6, 6.07) is 10.8. The standard InChI is InChI=1S/C25H30Cl3N3O4S/c1-3-21(25(33)29-19-7-4-5-8-19)30(15-17-11-13-18(26)14-12-17)23(32)16-31(36(2,34)35)22-10-6-9-20(27)24(22)28/h6,9-14,19,21H,3-5,7-8,15-16H2,1-2H3,(H,29,33). The Hall–Kier alpha value is -2.00. The topological polar surface area (TPSA) is 86.8 Å². The van der Waals surface area contributed by atoms with Crippen molar-refractivity contribution in [2.24, 2.45) is 0 Å². The molecule has 11 heteroatoms. The van der Waals surface area contributed by atoms with Crippen LogP contribution in [0.5, 0.6) is 0 Å². The van der Waals surface area contributed by atoms with Crippen LogP contribution in [0.15, 0.2) is 42.5 Å². The highest BCUT2D eigenvalue weighted by atomic mass is 35.5. The molecule has 2 aromatic rings. The summed E-state index contributed by atoms with van der Waals surface area (Å²) in [6.07, 6.45) is 5.27. The van der Waals surface area contributed by atoms with Gasteiger partial charge in [0.25, 0.3) is 0 Å². The van der Waals surface area contributed by atoms with Crippen LogP contribution in [-0.4, -0.2) is 50.0 Å². The van der Waals surface area contributed by atoms with E-state index in [1.165, 1.54) is 17.0 Å². The number of carbonyl (C=O) groups is 2. The minimum atomic E-state index is -3.91. The number of amides is 2. The first kappa shape index (κ1) is 28.6. The Morgan fingerprint density at radius 3 is 2.28 bits per heavy atom. The van der Waals surface area contributed by atoms with Gasteiger partial charge in [-0.25, -0.2) is 8.42 Å². The molecule has 0 bridgehead atoms. The van der Waals surface area contributed by atoms with Crippen LogP contribution in [0.4, 0.5) is 5.69 Å². The largest absolute Gasteiger partial charge is 0.352 e. The summed E-state index contributed by atoms with van der Waals surface area (Å²) in [4.78, 5) is 28.4. The van der Waals surface area contributed by atoms with Gasteiger partial charge in [-0.1, -0.05) is 72.8 Å². The lowest BCUT2D eigenvalue weighted by Crippen LogP contribution is -2.53. The predicted molar refractivity (Wildman–Crippen MR) is 145 cm³/mol. The molecule has 196 valence electrons. The molecule has 36 heavy (non-hydrogen) atoms. The molecule has 1 saturated carbocycles. The molecule has 1 fully saturated rings. The number of nitrogens with zero attached hydrogens (tertiary/aromatic N) is 2. The Labute approximate surface area is 227 Å². The highest BCUT2D eigenvalue weighted by Crippen LogP contribution is 2.34. The predicted octanol–water partition coefficient (Wildman–Crippen LogP) is 5.28. The van der Waals surface area contributed by atoms with Gasteiger partial charge in [0.15, 0.2) is 0 Å². The Balaban J connectivity index is 1.94. The quantitative estimate of drug-likeness (QED) is 0.418. The number of hydrogen-bond acceptors (Lipinski definition) is 4. The second kappa shape index (κ2) is 12.5. The van der Waals surface area contributed by atoms with Gasteiger partial charge in [-0.2, -0.15) is 0 Å². The van der Waals surface area contributed by atoms with E-state index in [2.05, 4.69) is 5.32 Å². The third-order valence-corrected chi connectivity index (χ3v) is 8.42. The van der Waals surface area contributed by atoms with Crippen molar-refractivity contribution in [3.8, 4) is 0 Å². The monoisotopic (exact) mass is 573 g/mol. The summed E-state index contributed by atoms with van der Waals surface area (Å²) in [5.74, 6) is -0.793. The molecule has 1 unspecified atom stereocenters. The SMILES string of the molecule is CCC(C(=O)NC1CCCC1)N(Cc1ccc(Cl)cc1)C(=O)CN(c1cccc(Cl)c1Cl)S(C)(=O)=O. The Morgan fingerprint density at radius 2 is 1.69 bits per heavy atom. The van der Waals surface area contributed by atoms with Gasteiger partial charge in [0.05, 0.1) is 22.0 Å². The first-order valence-corrected chi connectivity index (χ1v) is 14.8. The molecule has 1 atom stereocenters. The van der Waals surface area contributed by atoms with Crippen LogP contribution in [0.1, 0.15) is 44.6 Å². The molecule has 0 aromatic heterocycles. The highest BCUT2D eigenvalue weighted by Gasteiger charge is 2.33. The molecular weight excluding hydrogens is 545 g/mol. The third kappa shape index (κ3) is 7.28. The number of hydrogen-bond donors (Lipinski definition) is 1. The summed E-state index contributed by atoms with van der Waals surface area (Å²) >= 11 is 18.4. The van der Waals surface area contributed by atoms with Gasteiger partial charge in [0.2, 0.25) is 21.8 Å². The maximum Gasteiger partial charge on any atom is 0.244 e. The maximum absolute atomic E-state index is 13.7. The molecule has 3 rings (SSSR count). The average molecular weight is 575 g/mol. The molecule has 0 radical (unpaired) electrons. The molecule has 2 aromatic carbocycles. The second-order valence-electron chi connectivity index (χ2n) is 8.90. The lowest BCUT2D eigenvalue weighted by molar-refractivity contribution is -0.140. The van der Waals surface area contributed by atoms with Crippen molar-refractivity contribution < 1.29 is 18.0 Å². The number of benzene rings is 2. The lowest BCUT2D eigenvalue weighted by atomic mass is 10.1. The summed E-state index contributed by atoms with van der Waals surface area (Å²) < 4.78 is 26.3. The second-order valence-corrected chi connectivity index (χ2v) is 12.0. The summed E-state index contributed by atoms with van der Waals surface area (Å²) in [5, 5.41) is 3.79. The summed E-state index contributed by atoms with van der Waals surface area (Å²) in [5.41, 5.74) is 0.849. The van der Waals surface area contributed by atoms with Crippen LogP contribution in [-0.2, 0) is 26.2 Å². The van der Waals surface area contributed by atoms with E-state index >= 15 is 0 Å². The Kier molecular flexibility index (Phi) is 9.92. The van der Waals surface area contributed by atoms with E-state index in [9.17, 15) is 18.0 Å². The van der Waals surface area contributed by atoms with E-state index < -0.39 is 28.5 Å². The fraction of sp³-hybridized carbons (Fsp3) is 0.440. The van der Waals surface area contributed by atoms with E-state index in [0.29, 0.717) is 11.4 Å². The number of anilines is 1. The van der Waals surface area contributed by atoms with Crippen LogP contribution in [0, 0.1) is 0 Å². The first-order valence-electron chi connectivity index (χ1n) is 11.8. The molecule has 2 amide bonds. The van der Waals surface area contributed by atoms with Crippen molar-refractivity contribution in [1.82, 2.24) is 10.2 Å². The first-order chi connectivity index (χ1) is 17.0.